The highest BCUT2D eigenvalue weighted by Crippen LogP contribution is 2.19. The Morgan fingerprint density at radius 1 is 1.19 bits per heavy atom. The van der Waals surface area contributed by atoms with Gasteiger partial charge in [-0.05, 0) is 44.5 Å². The van der Waals surface area contributed by atoms with Crippen molar-refractivity contribution >= 4 is 23.4 Å². The molecule has 1 atom stereocenters. The van der Waals surface area contributed by atoms with Crippen LogP contribution in [0.3, 0.4) is 0 Å². The lowest BCUT2D eigenvalue weighted by Crippen LogP contribution is -2.42. The number of aromatic nitrogens is 1. The number of fused-ring (bicyclic) bond motifs is 1. The van der Waals surface area contributed by atoms with E-state index >= 15 is 0 Å². The van der Waals surface area contributed by atoms with Crippen LogP contribution in [0, 0.1) is 0 Å². The lowest BCUT2D eigenvalue weighted by atomic mass is 10.1. The smallest absolute Gasteiger partial charge is 0.254 e. The lowest BCUT2D eigenvalue weighted by molar-refractivity contribution is -0.122. The zero-order valence-corrected chi connectivity index (χ0v) is 15.5. The normalized spacial score (nSPS) is 16.3. The van der Waals surface area contributed by atoms with E-state index in [4.69, 9.17) is 0 Å². The molecule has 0 spiro atoms. The average molecular weight is 368 g/mol. The third-order valence-electron chi connectivity index (χ3n) is 4.60. The van der Waals surface area contributed by atoms with Crippen molar-refractivity contribution in [1.82, 2.24) is 15.2 Å². The molecule has 7 nitrogen and oxygen atoms in total. The van der Waals surface area contributed by atoms with Crippen molar-refractivity contribution < 1.29 is 14.4 Å². The van der Waals surface area contributed by atoms with Gasteiger partial charge in [0.05, 0.1) is 17.8 Å². The maximum Gasteiger partial charge on any atom is 0.254 e. The van der Waals surface area contributed by atoms with Gasteiger partial charge in [-0.25, -0.2) is 0 Å². The van der Waals surface area contributed by atoms with Gasteiger partial charge in [-0.1, -0.05) is 12.1 Å². The molecule has 3 N–H and O–H groups in total. The molecular weight excluding hydrogens is 344 g/mol. The Labute approximate surface area is 158 Å². The van der Waals surface area contributed by atoms with Gasteiger partial charge in [0.25, 0.3) is 5.91 Å². The first-order valence-corrected chi connectivity index (χ1v) is 9.09. The summed E-state index contributed by atoms with van der Waals surface area (Å²) >= 11 is 0. The predicted octanol–water partition coefficient (Wildman–Crippen LogP) is 2.22. The van der Waals surface area contributed by atoms with E-state index in [9.17, 15) is 14.4 Å². The van der Waals surface area contributed by atoms with Crippen molar-refractivity contribution in [3.05, 3.63) is 53.9 Å². The Morgan fingerprint density at radius 2 is 1.96 bits per heavy atom. The molecule has 3 amide bonds. The second-order valence-electron chi connectivity index (χ2n) is 6.88. The molecule has 2 aromatic rings. The molecule has 0 fully saturated rings. The number of carbonyl (C=O) groups excluding carboxylic acids is 3. The van der Waals surface area contributed by atoms with Crippen LogP contribution in [0.1, 0.15) is 48.8 Å². The van der Waals surface area contributed by atoms with Crippen LogP contribution in [0.4, 0.5) is 5.69 Å². The number of nitrogens with one attached hydrogen (secondary N) is 3. The molecular formula is C20H24N4O3. The molecule has 3 rings (SSSR count). The van der Waals surface area contributed by atoms with Gasteiger partial charge in [-0.15, -0.1) is 0 Å². The molecule has 0 saturated carbocycles. The van der Waals surface area contributed by atoms with Gasteiger partial charge in [0.2, 0.25) is 11.8 Å². The second-order valence-corrected chi connectivity index (χ2v) is 6.88. The molecule has 1 aliphatic heterocycles. The van der Waals surface area contributed by atoms with Crippen LogP contribution in [0.2, 0.25) is 0 Å². The summed E-state index contributed by atoms with van der Waals surface area (Å²) in [5, 5.41) is 8.32. The zero-order valence-electron chi connectivity index (χ0n) is 15.5. The number of amides is 3. The Morgan fingerprint density at radius 3 is 2.74 bits per heavy atom. The van der Waals surface area contributed by atoms with Gasteiger partial charge < -0.3 is 20.5 Å². The molecule has 1 unspecified atom stereocenters. The molecule has 0 aliphatic carbocycles. The van der Waals surface area contributed by atoms with Crippen LogP contribution >= 0.6 is 0 Å². The summed E-state index contributed by atoms with van der Waals surface area (Å²) in [6.07, 6.45) is 2.37. The molecule has 1 aromatic carbocycles. The molecule has 0 saturated heterocycles. The monoisotopic (exact) mass is 368 g/mol. The fourth-order valence-corrected chi connectivity index (χ4v) is 3.15. The fourth-order valence-electron chi connectivity index (χ4n) is 3.15. The SMILES string of the molecule is CC(C)n1cccc1CNC(=O)CCC1NC(=O)c2ccccc2NC1=O. The summed E-state index contributed by atoms with van der Waals surface area (Å²) in [6, 6.07) is 10.3. The Bertz CT molecular complexity index is 856. The number of hydrogen-bond donors (Lipinski definition) is 3. The number of rotatable bonds is 6. The third kappa shape index (κ3) is 4.36. The van der Waals surface area contributed by atoms with Crippen molar-refractivity contribution in [3.63, 3.8) is 0 Å². The van der Waals surface area contributed by atoms with Gasteiger partial charge in [-0.2, -0.15) is 0 Å². The van der Waals surface area contributed by atoms with Crippen LogP contribution in [0.5, 0.6) is 0 Å². The average Bonchev–Trinajstić information content (AvgIpc) is 3.08. The fraction of sp³-hybridized carbons (Fsp3) is 0.350. The van der Waals surface area contributed by atoms with Crippen LogP contribution in [0.15, 0.2) is 42.6 Å². The third-order valence-corrected chi connectivity index (χ3v) is 4.60. The predicted molar refractivity (Wildman–Crippen MR) is 102 cm³/mol. The largest absolute Gasteiger partial charge is 0.351 e. The van der Waals surface area contributed by atoms with Crippen LogP contribution in [-0.2, 0) is 16.1 Å². The van der Waals surface area contributed by atoms with E-state index in [-0.39, 0.29) is 30.6 Å². The van der Waals surface area contributed by atoms with Crippen LogP contribution in [-0.4, -0.2) is 28.3 Å². The summed E-state index contributed by atoms with van der Waals surface area (Å²) in [5.41, 5.74) is 1.93. The van der Waals surface area contributed by atoms with Gasteiger partial charge in [-0.3, -0.25) is 14.4 Å². The van der Waals surface area contributed by atoms with E-state index in [0.717, 1.165) is 5.69 Å². The summed E-state index contributed by atoms with van der Waals surface area (Å²) in [4.78, 5) is 36.8. The van der Waals surface area contributed by atoms with Crippen molar-refractivity contribution in [2.45, 2.75) is 45.3 Å². The Hall–Kier alpha value is -3.09. The molecule has 142 valence electrons. The minimum atomic E-state index is -0.741. The summed E-state index contributed by atoms with van der Waals surface area (Å²) in [7, 11) is 0. The number of carbonyl (C=O) groups is 3. The molecule has 27 heavy (non-hydrogen) atoms. The van der Waals surface area contributed by atoms with E-state index in [2.05, 4.69) is 34.4 Å². The first-order chi connectivity index (χ1) is 13.0. The van der Waals surface area contributed by atoms with Gasteiger partial charge in [0.1, 0.15) is 6.04 Å². The first-order valence-electron chi connectivity index (χ1n) is 9.09. The molecule has 0 bridgehead atoms. The van der Waals surface area contributed by atoms with Gasteiger partial charge in [0.15, 0.2) is 0 Å². The van der Waals surface area contributed by atoms with Crippen LogP contribution < -0.4 is 16.0 Å². The Balaban J connectivity index is 1.54. The lowest BCUT2D eigenvalue weighted by Gasteiger charge is -2.15. The van der Waals surface area contributed by atoms with Crippen molar-refractivity contribution in [3.8, 4) is 0 Å². The van der Waals surface area contributed by atoms with E-state index in [1.54, 1.807) is 24.3 Å². The van der Waals surface area contributed by atoms with Crippen molar-refractivity contribution in [1.29, 1.82) is 0 Å². The highest BCUT2D eigenvalue weighted by molar-refractivity contribution is 6.09. The topological polar surface area (TPSA) is 92.2 Å². The number of benzene rings is 1. The maximum atomic E-state index is 12.3. The molecule has 1 aliphatic rings. The maximum absolute atomic E-state index is 12.3. The number of anilines is 1. The Kier molecular flexibility index (Phi) is 5.59. The van der Waals surface area contributed by atoms with E-state index in [0.29, 0.717) is 23.8 Å². The van der Waals surface area contributed by atoms with E-state index in [1.807, 2.05) is 18.3 Å². The van der Waals surface area contributed by atoms with Crippen LogP contribution in [0.25, 0.3) is 0 Å². The molecule has 7 heteroatoms. The van der Waals surface area contributed by atoms with E-state index < -0.39 is 6.04 Å². The summed E-state index contributed by atoms with van der Waals surface area (Å²) in [6.45, 7) is 4.59. The quantitative estimate of drug-likeness (QED) is 0.730. The molecule has 2 heterocycles. The summed E-state index contributed by atoms with van der Waals surface area (Å²) in [5.74, 6) is -0.783. The second kappa shape index (κ2) is 8.07. The van der Waals surface area contributed by atoms with Gasteiger partial charge >= 0.3 is 0 Å². The number of nitrogens with zero attached hydrogens (tertiary/aromatic N) is 1. The van der Waals surface area contributed by atoms with Crippen molar-refractivity contribution in [2.75, 3.05) is 5.32 Å². The van der Waals surface area contributed by atoms with Crippen molar-refractivity contribution in [2.24, 2.45) is 0 Å². The van der Waals surface area contributed by atoms with E-state index in [1.165, 1.54) is 0 Å². The number of para-hydroxylation sites is 1. The minimum Gasteiger partial charge on any atom is -0.351 e. The highest BCUT2D eigenvalue weighted by atomic mass is 16.2. The minimum absolute atomic E-state index is 0.150. The summed E-state index contributed by atoms with van der Waals surface area (Å²) < 4.78 is 2.09. The zero-order chi connectivity index (χ0) is 19.4. The first kappa shape index (κ1) is 18.7. The number of hydrogen-bond acceptors (Lipinski definition) is 3. The molecule has 1 aromatic heterocycles. The molecule has 0 radical (unpaired) electrons. The highest BCUT2D eigenvalue weighted by Gasteiger charge is 2.27. The standard InChI is InChI=1S/C20H24N4O3/c1-13(2)24-11-5-6-14(24)12-21-18(25)10-9-17-20(27)22-16-8-4-3-7-15(16)19(26)23-17/h3-8,11,13,17H,9-10,12H2,1-2H3,(H,21,25)(H,22,27)(H,23,26). The van der Waals surface area contributed by atoms with Gasteiger partial charge in [0, 0.05) is 24.4 Å².